The zero-order valence-electron chi connectivity index (χ0n) is 14.7. The Morgan fingerprint density at radius 3 is 2.74 bits per heavy atom. The second-order valence-electron chi connectivity index (χ2n) is 6.79. The molecule has 0 spiro atoms. The van der Waals surface area contributed by atoms with Crippen LogP contribution in [0.4, 0.5) is 0 Å². The van der Waals surface area contributed by atoms with Gasteiger partial charge in [-0.2, -0.15) is 0 Å². The third kappa shape index (κ3) is 2.89. The lowest BCUT2D eigenvalue weighted by molar-refractivity contribution is 0.0757. The van der Waals surface area contributed by atoms with E-state index in [9.17, 15) is 4.79 Å². The molecule has 6 heteroatoms. The third-order valence-corrected chi connectivity index (χ3v) is 5.04. The van der Waals surface area contributed by atoms with E-state index in [0.717, 1.165) is 28.6 Å². The lowest BCUT2D eigenvalue weighted by atomic mass is 10.2. The van der Waals surface area contributed by atoms with Crippen molar-refractivity contribution >= 4 is 16.9 Å². The number of para-hydroxylation sites is 1. The van der Waals surface area contributed by atoms with Gasteiger partial charge in [-0.3, -0.25) is 4.79 Å². The lowest BCUT2D eigenvalue weighted by Crippen LogP contribution is -2.28. The number of likely N-dealkylation sites (tertiary alicyclic amines) is 1. The average molecular weight is 358 g/mol. The highest BCUT2D eigenvalue weighted by Crippen LogP contribution is 2.26. The summed E-state index contributed by atoms with van der Waals surface area (Å²) in [6.45, 7) is 1.29. The summed E-state index contributed by atoms with van der Waals surface area (Å²) in [6, 6.07) is 19.6. The zero-order valence-corrected chi connectivity index (χ0v) is 14.7. The van der Waals surface area contributed by atoms with Crippen molar-refractivity contribution in [1.82, 2.24) is 19.9 Å². The highest BCUT2D eigenvalue weighted by atomic mass is 16.3. The molecule has 27 heavy (non-hydrogen) atoms. The molecule has 6 nitrogen and oxygen atoms in total. The molecule has 134 valence electrons. The van der Waals surface area contributed by atoms with Crippen LogP contribution < -0.4 is 0 Å². The van der Waals surface area contributed by atoms with Crippen LogP contribution in [0, 0.1) is 0 Å². The molecule has 1 saturated heterocycles. The van der Waals surface area contributed by atoms with Gasteiger partial charge in [0, 0.05) is 24.0 Å². The number of carbonyl (C=O) groups excluding carboxylic acids is 1. The first-order chi connectivity index (χ1) is 13.3. The molecule has 1 unspecified atom stereocenters. The largest absolute Gasteiger partial charge is 0.451 e. The summed E-state index contributed by atoms with van der Waals surface area (Å²) >= 11 is 0. The maximum Gasteiger partial charge on any atom is 0.289 e. The van der Waals surface area contributed by atoms with Crippen LogP contribution in [0.1, 0.15) is 23.0 Å². The van der Waals surface area contributed by atoms with Crippen LogP contribution in [0.15, 0.2) is 71.3 Å². The fraction of sp³-hybridized carbons (Fsp3) is 0.190. The van der Waals surface area contributed by atoms with E-state index in [1.807, 2.05) is 76.4 Å². The maximum atomic E-state index is 12.8. The van der Waals surface area contributed by atoms with Crippen molar-refractivity contribution < 1.29 is 9.21 Å². The Morgan fingerprint density at radius 1 is 1.07 bits per heavy atom. The molecule has 1 amide bonds. The molecular weight excluding hydrogens is 340 g/mol. The van der Waals surface area contributed by atoms with Gasteiger partial charge in [0.2, 0.25) is 0 Å². The number of benzene rings is 2. The number of rotatable bonds is 3. The van der Waals surface area contributed by atoms with E-state index in [1.165, 1.54) is 0 Å². The van der Waals surface area contributed by atoms with Gasteiger partial charge in [0.1, 0.15) is 11.3 Å². The Labute approximate surface area is 156 Å². The molecule has 0 N–H and O–H groups in total. The van der Waals surface area contributed by atoms with Crippen LogP contribution in [0.3, 0.4) is 0 Å². The Balaban J connectivity index is 1.32. The van der Waals surface area contributed by atoms with Gasteiger partial charge in [-0.05, 0) is 18.6 Å². The van der Waals surface area contributed by atoms with Gasteiger partial charge in [0.15, 0.2) is 5.76 Å². The Morgan fingerprint density at radius 2 is 1.89 bits per heavy atom. The second kappa shape index (κ2) is 6.39. The zero-order chi connectivity index (χ0) is 18.2. The van der Waals surface area contributed by atoms with Gasteiger partial charge < -0.3 is 9.32 Å². The molecule has 2 aromatic heterocycles. The Kier molecular flexibility index (Phi) is 3.74. The first-order valence-corrected chi connectivity index (χ1v) is 9.03. The number of amides is 1. The number of aromatic nitrogens is 3. The van der Waals surface area contributed by atoms with Crippen LogP contribution in [0.25, 0.3) is 22.2 Å². The number of nitrogens with zero attached hydrogens (tertiary/aromatic N) is 4. The molecule has 0 radical (unpaired) electrons. The first kappa shape index (κ1) is 15.8. The fourth-order valence-electron chi connectivity index (χ4n) is 3.58. The van der Waals surface area contributed by atoms with Crippen molar-refractivity contribution in [2.24, 2.45) is 0 Å². The topological polar surface area (TPSA) is 64.2 Å². The minimum absolute atomic E-state index is 0.0721. The molecular formula is C21H18N4O2. The molecule has 1 fully saturated rings. The quantitative estimate of drug-likeness (QED) is 0.559. The van der Waals surface area contributed by atoms with Gasteiger partial charge in [0.25, 0.3) is 5.91 Å². The van der Waals surface area contributed by atoms with E-state index in [2.05, 4.69) is 10.3 Å². The summed E-state index contributed by atoms with van der Waals surface area (Å²) < 4.78 is 7.59. The fourth-order valence-corrected chi connectivity index (χ4v) is 3.58. The summed E-state index contributed by atoms with van der Waals surface area (Å²) in [5, 5.41) is 9.50. The van der Waals surface area contributed by atoms with Crippen molar-refractivity contribution in [1.29, 1.82) is 0 Å². The first-order valence-electron chi connectivity index (χ1n) is 9.03. The molecule has 1 atom stereocenters. The van der Waals surface area contributed by atoms with E-state index in [0.29, 0.717) is 18.8 Å². The number of hydrogen-bond acceptors (Lipinski definition) is 4. The highest BCUT2D eigenvalue weighted by molar-refractivity contribution is 5.96. The smallest absolute Gasteiger partial charge is 0.289 e. The van der Waals surface area contributed by atoms with Gasteiger partial charge in [-0.15, -0.1) is 5.10 Å². The van der Waals surface area contributed by atoms with E-state index in [4.69, 9.17) is 4.42 Å². The third-order valence-electron chi connectivity index (χ3n) is 5.04. The number of furan rings is 1. The normalized spacial score (nSPS) is 16.9. The van der Waals surface area contributed by atoms with E-state index < -0.39 is 0 Å². The maximum absolute atomic E-state index is 12.8. The predicted octanol–water partition coefficient (Wildman–Crippen LogP) is 3.78. The summed E-state index contributed by atoms with van der Waals surface area (Å²) in [6.07, 6.45) is 2.80. The SMILES string of the molecule is O=C(c1cc2ccccc2o1)N1CCC(n2cc(-c3ccccc3)nn2)C1. The summed E-state index contributed by atoms with van der Waals surface area (Å²) in [7, 11) is 0. The van der Waals surface area contributed by atoms with Crippen LogP contribution in [-0.4, -0.2) is 38.9 Å². The molecule has 5 rings (SSSR count). The minimum Gasteiger partial charge on any atom is -0.451 e. The molecule has 0 saturated carbocycles. The number of hydrogen-bond donors (Lipinski definition) is 0. The van der Waals surface area contributed by atoms with Crippen molar-refractivity contribution in [3.63, 3.8) is 0 Å². The molecule has 0 bridgehead atoms. The van der Waals surface area contributed by atoms with Crippen LogP contribution in [0.5, 0.6) is 0 Å². The molecule has 1 aliphatic heterocycles. The van der Waals surface area contributed by atoms with Crippen LogP contribution in [0.2, 0.25) is 0 Å². The van der Waals surface area contributed by atoms with E-state index in [-0.39, 0.29) is 11.9 Å². The van der Waals surface area contributed by atoms with Gasteiger partial charge >= 0.3 is 0 Å². The minimum atomic E-state index is -0.0721. The summed E-state index contributed by atoms with van der Waals surface area (Å²) in [4.78, 5) is 14.6. The van der Waals surface area contributed by atoms with Crippen molar-refractivity contribution in [3.8, 4) is 11.3 Å². The van der Waals surface area contributed by atoms with Crippen molar-refractivity contribution in [2.45, 2.75) is 12.5 Å². The summed E-state index contributed by atoms with van der Waals surface area (Å²) in [5.74, 6) is 0.317. The molecule has 4 aromatic rings. The molecule has 3 heterocycles. The average Bonchev–Trinajstić information content (AvgIpc) is 3.46. The molecule has 1 aliphatic rings. The predicted molar refractivity (Wildman–Crippen MR) is 101 cm³/mol. The van der Waals surface area contributed by atoms with Gasteiger partial charge in [-0.1, -0.05) is 53.7 Å². The second-order valence-corrected chi connectivity index (χ2v) is 6.79. The highest BCUT2D eigenvalue weighted by Gasteiger charge is 2.30. The van der Waals surface area contributed by atoms with Crippen LogP contribution in [-0.2, 0) is 0 Å². The lowest BCUT2D eigenvalue weighted by Gasteiger charge is -2.14. The molecule has 0 aliphatic carbocycles. The Hall–Kier alpha value is -3.41. The number of carbonyl (C=O) groups is 1. The van der Waals surface area contributed by atoms with Gasteiger partial charge in [-0.25, -0.2) is 4.68 Å². The summed E-state index contributed by atoms with van der Waals surface area (Å²) in [5.41, 5.74) is 2.62. The van der Waals surface area contributed by atoms with Gasteiger partial charge in [0.05, 0.1) is 12.2 Å². The molecule has 2 aromatic carbocycles. The van der Waals surface area contributed by atoms with E-state index in [1.54, 1.807) is 0 Å². The monoisotopic (exact) mass is 358 g/mol. The standard InChI is InChI=1S/C21H18N4O2/c26-21(20-12-16-8-4-5-9-19(16)27-20)24-11-10-17(13-24)25-14-18(22-23-25)15-6-2-1-3-7-15/h1-9,12,14,17H,10-11,13H2. The van der Waals surface area contributed by atoms with E-state index >= 15 is 0 Å². The Bertz CT molecular complexity index is 1070. The number of fused-ring (bicyclic) bond motifs is 1. The van der Waals surface area contributed by atoms with Crippen LogP contribution >= 0.6 is 0 Å². The van der Waals surface area contributed by atoms with Crippen molar-refractivity contribution in [3.05, 3.63) is 72.6 Å². The van der Waals surface area contributed by atoms with Crippen molar-refractivity contribution in [2.75, 3.05) is 13.1 Å².